The van der Waals surface area contributed by atoms with Gasteiger partial charge in [0.2, 0.25) is 0 Å². The van der Waals surface area contributed by atoms with Crippen molar-refractivity contribution in [2.24, 2.45) is 0 Å². The third-order valence-electron chi connectivity index (χ3n) is 3.16. The summed E-state index contributed by atoms with van der Waals surface area (Å²) in [5.41, 5.74) is 1.01. The first kappa shape index (κ1) is 12.7. The van der Waals surface area contributed by atoms with Crippen LogP contribution in [0.3, 0.4) is 0 Å². The SMILES string of the molecule is CCCC1CN(c2ccc(F)c(Cl)c2)CCN1. The number of benzene rings is 1. The molecule has 1 aromatic carbocycles. The summed E-state index contributed by atoms with van der Waals surface area (Å²) in [5, 5.41) is 3.70. The minimum atomic E-state index is -0.351. The van der Waals surface area contributed by atoms with Crippen molar-refractivity contribution in [1.29, 1.82) is 0 Å². The molecule has 2 nitrogen and oxygen atoms in total. The Morgan fingerprint density at radius 1 is 1.53 bits per heavy atom. The average molecular weight is 257 g/mol. The van der Waals surface area contributed by atoms with Crippen molar-refractivity contribution < 1.29 is 4.39 Å². The van der Waals surface area contributed by atoms with E-state index in [1.165, 1.54) is 18.9 Å². The van der Waals surface area contributed by atoms with Crippen LogP contribution in [0.4, 0.5) is 10.1 Å². The predicted octanol–water partition coefficient (Wildman–Crippen LogP) is 3.06. The smallest absolute Gasteiger partial charge is 0.141 e. The van der Waals surface area contributed by atoms with Crippen LogP contribution >= 0.6 is 11.6 Å². The first-order valence-electron chi connectivity index (χ1n) is 6.14. The largest absolute Gasteiger partial charge is 0.369 e. The van der Waals surface area contributed by atoms with Crippen LogP contribution in [0.1, 0.15) is 19.8 Å². The molecule has 1 N–H and O–H groups in total. The highest BCUT2D eigenvalue weighted by atomic mass is 35.5. The van der Waals surface area contributed by atoms with Crippen molar-refractivity contribution in [1.82, 2.24) is 5.32 Å². The maximum atomic E-state index is 13.1. The van der Waals surface area contributed by atoms with E-state index in [2.05, 4.69) is 17.1 Å². The molecule has 1 aromatic rings. The number of hydrogen-bond acceptors (Lipinski definition) is 2. The van der Waals surface area contributed by atoms with Gasteiger partial charge in [-0.25, -0.2) is 4.39 Å². The van der Waals surface area contributed by atoms with Gasteiger partial charge in [0.1, 0.15) is 5.82 Å². The van der Waals surface area contributed by atoms with Gasteiger partial charge in [0.25, 0.3) is 0 Å². The number of piperazine rings is 1. The molecule has 1 fully saturated rings. The molecule has 0 saturated carbocycles. The van der Waals surface area contributed by atoms with Crippen LogP contribution in [0.2, 0.25) is 5.02 Å². The number of anilines is 1. The Bertz CT molecular complexity index is 382. The Morgan fingerprint density at radius 3 is 3.06 bits per heavy atom. The lowest BCUT2D eigenvalue weighted by Gasteiger charge is -2.35. The van der Waals surface area contributed by atoms with Crippen LogP contribution in [0.25, 0.3) is 0 Å². The summed E-state index contributed by atoms with van der Waals surface area (Å²) in [4.78, 5) is 2.27. The van der Waals surface area contributed by atoms with Crippen LogP contribution < -0.4 is 10.2 Å². The Kier molecular flexibility index (Phi) is 4.24. The van der Waals surface area contributed by atoms with Gasteiger partial charge in [-0.2, -0.15) is 0 Å². The maximum Gasteiger partial charge on any atom is 0.141 e. The van der Waals surface area contributed by atoms with E-state index < -0.39 is 0 Å². The highest BCUT2D eigenvalue weighted by Crippen LogP contribution is 2.23. The fraction of sp³-hybridized carbons (Fsp3) is 0.538. The standard InChI is InChI=1S/C13H18ClFN2/c1-2-3-10-9-17(7-6-16-10)11-4-5-13(15)12(14)8-11/h4-5,8,10,16H,2-3,6-7,9H2,1H3. The summed E-state index contributed by atoms with van der Waals surface area (Å²) in [6.07, 6.45) is 2.35. The molecule has 2 rings (SSSR count). The molecule has 1 heterocycles. The number of hydrogen-bond donors (Lipinski definition) is 1. The summed E-state index contributed by atoms with van der Waals surface area (Å²) in [7, 11) is 0. The van der Waals surface area contributed by atoms with Gasteiger partial charge in [-0.15, -0.1) is 0 Å². The Balaban J connectivity index is 2.08. The summed E-state index contributed by atoms with van der Waals surface area (Å²) in [5.74, 6) is -0.351. The molecule has 0 amide bonds. The molecule has 4 heteroatoms. The molecule has 1 atom stereocenters. The van der Waals surface area contributed by atoms with Crippen molar-refractivity contribution in [3.05, 3.63) is 29.0 Å². The van der Waals surface area contributed by atoms with E-state index >= 15 is 0 Å². The lowest BCUT2D eigenvalue weighted by atomic mass is 10.1. The Labute approximate surface area is 107 Å². The zero-order valence-corrected chi connectivity index (χ0v) is 10.8. The minimum Gasteiger partial charge on any atom is -0.369 e. The molecule has 0 aromatic heterocycles. The van der Waals surface area contributed by atoms with Gasteiger partial charge in [0, 0.05) is 31.4 Å². The van der Waals surface area contributed by atoms with Crippen LogP contribution in [-0.2, 0) is 0 Å². The molecule has 1 aliphatic heterocycles. The molecular formula is C13H18ClFN2. The number of halogens is 2. The number of rotatable bonds is 3. The molecule has 0 aliphatic carbocycles. The van der Waals surface area contributed by atoms with Gasteiger partial charge in [-0.05, 0) is 24.6 Å². The lowest BCUT2D eigenvalue weighted by Crippen LogP contribution is -2.50. The van der Waals surface area contributed by atoms with E-state index in [4.69, 9.17) is 11.6 Å². The lowest BCUT2D eigenvalue weighted by molar-refractivity contribution is 0.431. The Hall–Kier alpha value is -0.800. The van der Waals surface area contributed by atoms with E-state index in [-0.39, 0.29) is 10.8 Å². The second kappa shape index (κ2) is 5.69. The van der Waals surface area contributed by atoms with Gasteiger partial charge >= 0.3 is 0 Å². The molecule has 94 valence electrons. The molecule has 0 radical (unpaired) electrons. The van der Waals surface area contributed by atoms with Gasteiger partial charge < -0.3 is 10.2 Å². The van der Waals surface area contributed by atoms with Gasteiger partial charge in [0.15, 0.2) is 0 Å². The summed E-state index contributed by atoms with van der Waals surface area (Å²) in [6.45, 7) is 5.08. The molecular weight excluding hydrogens is 239 g/mol. The summed E-state index contributed by atoms with van der Waals surface area (Å²) < 4.78 is 13.1. The van der Waals surface area contributed by atoms with E-state index in [0.29, 0.717) is 6.04 Å². The third-order valence-corrected chi connectivity index (χ3v) is 3.45. The minimum absolute atomic E-state index is 0.202. The second-order valence-corrected chi connectivity index (χ2v) is 4.89. The highest BCUT2D eigenvalue weighted by Gasteiger charge is 2.19. The molecule has 1 saturated heterocycles. The fourth-order valence-corrected chi connectivity index (χ4v) is 2.46. The zero-order chi connectivity index (χ0) is 12.3. The summed E-state index contributed by atoms with van der Waals surface area (Å²) >= 11 is 5.81. The molecule has 1 aliphatic rings. The van der Waals surface area contributed by atoms with E-state index in [0.717, 1.165) is 25.3 Å². The molecule has 17 heavy (non-hydrogen) atoms. The van der Waals surface area contributed by atoms with Crippen LogP contribution in [0.5, 0.6) is 0 Å². The normalized spacial score (nSPS) is 20.6. The third kappa shape index (κ3) is 3.11. The quantitative estimate of drug-likeness (QED) is 0.894. The second-order valence-electron chi connectivity index (χ2n) is 4.48. The number of nitrogens with one attached hydrogen (secondary N) is 1. The van der Waals surface area contributed by atoms with Crippen LogP contribution in [0.15, 0.2) is 18.2 Å². The van der Waals surface area contributed by atoms with Gasteiger partial charge in [-0.3, -0.25) is 0 Å². The molecule has 1 unspecified atom stereocenters. The van der Waals surface area contributed by atoms with Crippen molar-refractivity contribution >= 4 is 17.3 Å². The van der Waals surface area contributed by atoms with E-state index in [9.17, 15) is 4.39 Å². The predicted molar refractivity (Wildman–Crippen MR) is 70.3 cm³/mol. The Morgan fingerprint density at radius 2 is 2.35 bits per heavy atom. The first-order chi connectivity index (χ1) is 8.20. The van der Waals surface area contributed by atoms with E-state index in [1.807, 2.05) is 0 Å². The monoisotopic (exact) mass is 256 g/mol. The van der Waals surface area contributed by atoms with Crippen molar-refractivity contribution in [3.63, 3.8) is 0 Å². The molecule has 0 bridgehead atoms. The topological polar surface area (TPSA) is 15.3 Å². The fourth-order valence-electron chi connectivity index (χ4n) is 2.28. The summed E-state index contributed by atoms with van der Waals surface area (Å²) in [6, 6.07) is 5.48. The molecule has 0 spiro atoms. The van der Waals surface area contributed by atoms with Crippen LogP contribution in [0, 0.1) is 5.82 Å². The zero-order valence-electron chi connectivity index (χ0n) is 10.0. The van der Waals surface area contributed by atoms with E-state index in [1.54, 1.807) is 12.1 Å². The van der Waals surface area contributed by atoms with Crippen molar-refractivity contribution in [2.45, 2.75) is 25.8 Å². The average Bonchev–Trinajstić information content (AvgIpc) is 2.33. The van der Waals surface area contributed by atoms with Gasteiger partial charge in [-0.1, -0.05) is 24.9 Å². The maximum absolute atomic E-state index is 13.1. The first-order valence-corrected chi connectivity index (χ1v) is 6.52. The van der Waals surface area contributed by atoms with Gasteiger partial charge in [0.05, 0.1) is 5.02 Å². The highest BCUT2D eigenvalue weighted by molar-refractivity contribution is 6.31. The van der Waals surface area contributed by atoms with Crippen LogP contribution in [-0.4, -0.2) is 25.7 Å². The van der Waals surface area contributed by atoms with Crippen molar-refractivity contribution in [3.8, 4) is 0 Å². The number of nitrogens with zero attached hydrogens (tertiary/aromatic N) is 1. The van der Waals surface area contributed by atoms with Crippen molar-refractivity contribution in [2.75, 3.05) is 24.5 Å².